The Kier molecular flexibility index (Phi) is 16.7. The number of carbonyl (C=O) groups excluding carboxylic acids is 2. The zero-order valence-electron chi connectivity index (χ0n) is 38.5. The largest absolute Gasteiger partial charge is 0.506 e. The molecule has 2 aromatic carbocycles. The van der Waals surface area contributed by atoms with Crippen LogP contribution in [0.5, 0.6) is 0 Å². The van der Waals surface area contributed by atoms with Crippen molar-refractivity contribution in [1.82, 2.24) is 0 Å². The van der Waals surface area contributed by atoms with Crippen molar-refractivity contribution < 1.29 is 33.7 Å². The molecule has 0 radical (unpaired) electrons. The fourth-order valence-corrected chi connectivity index (χ4v) is 8.22. The number of rotatable bonds is 22. The van der Waals surface area contributed by atoms with Crippen molar-refractivity contribution in [2.45, 2.75) is 79.1 Å². The van der Waals surface area contributed by atoms with E-state index in [2.05, 4.69) is 70.9 Å². The van der Waals surface area contributed by atoms with Gasteiger partial charge in [-0.25, -0.2) is 9.15 Å². The Bertz CT molecular complexity index is 2110. The van der Waals surface area contributed by atoms with Gasteiger partial charge in [0.05, 0.1) is 22.3 Å². The van der Waals surface area contributed by atoms with Crippen molar-refractivity contribution in [3.05, 3.63) is 142 Å². The number of ketones is 2. The number of ether oxygens (including phenoxy) is 1. The van der Waals surface area contributed by atoms with Crippen LogP contribution in [0.4, 0.5) is 11.4 Å². The zero-order valence-corrected chi connectivity index (χ0v) is 38.5. The molecule has 0 atom stereocenters. The van der Waals surface area contributed by atoms with E-state index in [4.69, 9.17) is 4.74 Å². The molecule has 4 aliphatic rings. The highest BCUT2D eigenvalue weighted by atomic mass is 16.5. The van der Waals surface area contributed by atoms with E-state index >= 15 is 0 Å². The smallest absolute Gasteiger partial charge is 0.201 e. The van der Waals surface area contributed by atoms with Gasteiger partial charge in [0.15, 0.2) is 24.5 Å². The Morgan fingerprint density at radius 2 is 0.794 bits per heavy atom. The lowest BCUT2D eigenvalue weighted by Crippen LogP contribution is -2.26. The molecule has 9 nitrogen and oxygen atoms in total. The number of carbonyl (C=O) groups is 2. The van der Waals surface area contributed by atoms with Gasteiger partial charge in [-0.15, -0.1) is 0 Å². The van der Waals surface area contributed by atoms with Crippen LogP contribution in [-0.2, 0) is 14.3 Å². The van der Waals surface area contributed by atoms with E-state index in [1.54, 1.807) is 0 Å². The summed E-state index contributed by atoms with van der Waals surface area (Å²) in [5, 5.41) is 22.1. The molecule has 0 unspecified atom stereocenters. The standard InChI is InChI=1S/C54H66N4O5/c1-7-11-31-57(32-12-8-2)45-27-19-41(20-28-45)49-51(59)47(52(49)60)39-15-23-43(24-16-39)55(5)35-37-63-38-36-56(6)44-25-17-40(18-26-44)48-53(61)50(54(48)62)42-21-29-46(30-22-42)58(33-13-9-3)34-14-10-4/h15-30H,7-14,31-38H2,1-6H3/p+2. The lowest BCUT2D eigenvalue weighted by molar-refractivity contribution is -0.508. The molecule has 0 saturated heterocycles. The van der Waals surface area contributed by atoms with Crippen LogP contribution in [0.1, 0.15) is 90.2 Å². The third-order valence-electron chi connectivity index (χ3n) is 12.4. The summed E-state index contributed by atoms with van der Waals surface area (Å²) in [7, 11) is 4.01. The van der Waals surface area contributed by atoms with Crippen LogP contribution in [0.15, 0.2) is 131 Å². The molecule has 0 aliphatic heterocycles. The summed E-state index contributed by atoms with van der Waals surface area (Å²) in [5.41, 5.74) is 8.67. The minimum absolute atomic E-state index is 0.0545. The molecular formula is C54H68N4O5+2. The number of aliphatic hydroxyl groups is 2. The van der Waals surface area contributed by atoms with Crippen molar-refractivity contribution >= 4 is 45.5 Å². The third kappa shape index (κ3) is 11.1. The summed E-state index contributed by atoms with van der Waals surface area (Å²) in [6.07, 6.45) is 24.6. The van der Waals surface area contributed by atoms with Crippen LogP contribution in [0.3, 0.4) is 0 Å². The number of unbranched alkanes of at least 4 members (excludes halogenated alkanes) is 4. The molecule has 0 heterocycles. The second-order valence-electron chi connectivity index (χ2n) is 16.9. The summed E-state index contributed by atoms with van der Waals surface area (Å²) in [6.45, 7) is 15.3. The fourth-order valence-electron chi connectivity index (χ4n) is 8.22. The van der Waals surface area contributed by atoms with Crippen molar-refractivity contribution in [2.75, 3.05) is 76.4 Å². The Morgan fingerprint density at radius 3 is 1.08 bits per heavy atom. The molecule has 2 aromatic rings. The van der Waals surface area contributed by atoms with Gasteiger partial charge in [0, 0.05) is 61.9 Å². The van der Waals surface area contributed by atoms with Gasteiger partial charge in [-0.1, -0.05) is 77.6 Å². The van der Waals surface area contributed by atoms with Crippen LogP contribution in [-0.4, -0.2) is 109 Å². The highest BCUT2D eigenvalue weighted by molar-refractivity contribution is 6.40. The van der Waals surface area contributed by atoms with Gasteiger partial charge in [-0.3, -0.25) is 9.59 Å². The molecule has 4 aliphatic carbocycles. The van der Waals surface area contributed by atoms with Crippen LogP contribution >= 0.6 is 0 Å². The first-order valence-electron chi connectivity index (χ1n) is 23.2. The normalized spacial score (nSPS) is 15.8. The lowest BCUT2D eigenvalue weighted by atomic mass is 9.80. The monoisotopic (exact) mass is 853 g/mol. The highest BCUT2D eigenvalue weighted by Gasteiger charge is 2.38. The molecule has 0 amide bonds. The second kappa shape index (κ2) is 22.5. The van der Waals surface area contributed by atoms with E-state index < -0.39 is 0 Å². The summed E-state index contributed by atoms with van der Waals surface area (Å²) >= 11 is 0. The number of allylic oxidation sites excluding steroid dienone is 14. The van der Waals surface area contributed by atoms with E-state index in [0.29, 0.717) is 59.7 Å². The number of benzene rings is 2. The Morgan fingerprint density at radius 1 is 0.476 bits per heavy atom. The maximum atomic E-state index is 13.3. The van der Waals surface area contributed by atoms with E-state index in [0.717, 1.165) is 111 Å². The van der Waals surface area contributed by atoms with Crippen molar-refractivity contribution in [3.8, 4) is 0 Å². The first kappa shape index (κ1) is 46.7. The molecule has 6 rings (SSSR count). The van der Waals surface area contributed by atoms with Crippen LogP contribution in [0.25, 0.3) is 11.1 Å². The van der Waals surface area contributed by atoms with Crippen molar-refractivity contribution in [3.63, 3.8) is 0 Å². The predicted octanol–water partition coefficient (Wildman–Crippen LogP) is 9.93. The van der Waals surface area contributed by atoms with E-state index in [1.165, 1.54) is 0 Å². The number of hydrogen-bond acceptors (Lipinski definition) is 7. The average molecular weight is 853 g/mol. The van der Waals surface area contributed by atoms with Gasteiger partial charge in [0.25, 0.3) is 0 Å². The van der Waals surface area contributed by atoms with Gasteiger partial charge < -0.3 is 24.7 Å². The third-order valence-corrected chi connectivity index (χ3v) is 12.4. The topological polar surface area (TPSA) is 96.3 Å². The van der Waals surface area contributed by atoms with E-state index in [9.17, 15) is 19.8 Å². The van der Waals surface area contributed by atoms with Gasteiger partial charge in [0.1, 0.15) is 38.8 Å². The average Bonchev–Trinajstić information content (AvgIpc) is 3.30. The van der Waals surface area contributed by atoms with Crippen molar-refractivity contribution in [1.29, 1.82) is 0 Å². The second-order valence-corrected chi connectivity index (χ2v) is 16.9. The summed E-state index contributed by atoms with van der Waals surface area (Å²) in [4.78, 5) is 31.4. The molecule has 0 spiro atoms. The number of hydrogen-bond donors (Lipinski definition) is 2. The summed E-state index contributed by atoms with van der Waals surface area (Å²) in [6, 6.07) is 16.1. The van der Waals surface area contributed by atoms with E-state index in [1.807, 2.05) is 87.0 Å². The first-order chi connectivity index (χ1) is 30.6. The van der Waals surface area contributed by atoms with Gasteiger partial charge in [-0.2, -0.15) is 0 Å². The number of likely N-dealkylation sites (N-methyl/N-ethyl adjacent to an activating group) is 2. The number of anilines is 2. The molecule has 0 saturated carbocycles. The van der Waals surface area contributed by atoms with Crippen LogP contribution in [0.2, 0.25) is 0 Å². The molecule has 0 fully saturated rings. The molecule has 0 aromatic heterocycles. The Labute approximate surface area is 375 Å². The minimum Gasteiger partial charge on any atom is -0.506 e. The number of Topliss-reactive ketones (excluding diaryl/α,β-unsaturated/α-hetero) is 2. The maximum absolute atomic E-state index is 13.3. The molecule has 0 bridgehead atoms. The van der Waals surface area contributed by atoms with Gasteiger partial charge >= 0.3 is 0 Å². The lowest BCUT2D eigenvalue weighted by Gasteiger charge is -2.26. The molecule has 9 heteroatoms. The molecule has 2 N–H and O–H groups in total. The Hall–Kier alpha value is -5.80. The summed E-state index contributed by atoms with van der Waals surface area (Å²) in [5.74, 6) is -0.157. The maximum Gasteiger partial charge on any atom is 0.201 e. The minimum atomic E-state index is -0.133. The Balaban J connectivity index is 0.978. The van der Waals surface area contributed by atoms with Crippen LogP contribution in [0, 0.1) is 0 Å². The predicted molar refractivity (Wildman–Crippen MR) is 260 cm³/mol. The number of nitrogens with zero attached hydrogens (tertiary/aromatic N) is 4. The molecular weight excluding hydrogens is 785 g/mol. The SMILES string of the molecule is CCCCN(CCCC)c1ccc(C2=C(O)C(=C3C=CC(=[N+](C)CCOCC[N+](C)=C4C=CC(=C5C(=O)C(c6ccc(N(CCCC)CCCC)cc6)=C5O)C=C4)C=C3)C2=O)cc1. The quantitative estimate of drug-likeness (QED) is 0.0692. The zero-order chi connectivity index (χ0) is 44.9. The number of aliphatic hydroxyl groups excluding tert-OH is 2. The molecule has 332 valence electrons. The fraction of sp³-hybridized carbons (Fsp3) is 0.407. The highest BCUT2D eigenvalue weighted by Crippen LogP contribution is 2.40. The van der Waals surface area contributed by atoms with Crippen molar-refractivity contribution in [2.24, 2.45) is 0 Å². The van der Waals surface area contributed by atoms with Gasteiger partial charge in [0.2, 0.25) is 11.6 Å². The summed E-state index contributed by atoms with van der Waals surface area (Å²) < 4.78 is 10.2. The van der Waals surface area contributed by atoms with E-state index in [-0.39, 0.29) is 23.1 Å². The van der Waals surface area contributed by atoms with Crippen LogP contribution < -0.4 is 9.80 Å². The first-order valence-corrected chi connectivity index (χ1v) is 23.2. The van der Waals surface area contributed by atoms with Gasteiger partial charge in [-0.05, 0) is 96.5 Å². The molecule has 63 heavy (non-hydrogen) atoms.